The van der Waals surface area contributed by atoms with Gasteiger partial charge in [0.25, 0.3) is 17.5 Å². The molecule has 1 atom stereocenters. The largest absolute Gasteiger partial charge is 0.396 e. The van der Waals surface area contributed by atoms with E-state index in [2.05, 4.69) is 0 Å². The minimum Gasteiger partial charge on any atom is -0.396 e. The average molecular weight is 428 g/mol. The number of aliphatic hydroxyl groups is 1. The van der Waals surface area contributed by atoms with Crippen LogP contribution in [0.1, 0.15) is 56.9 Å². The van der Waals surface area contributed by atoms with Crippen molar-refractivity contribution in [3.63, 3.8) is 0 Å². The van der Waals surface area contributed by atoms with E-state index in [0.717, 1.165) is 51.4 Å². The number of nitrogens with zero attached hydrogens (tertiary/aromatic N) is 3. The molecule has 0 bridgehead atoms. The van der Waals surface area contributed by atoms with Crippen molar-refractivity contribution in [3.05, 3.63) is 45.6 Å². The quantitative estimate of drug-likeness (QED) is 0.335. The van der Waals surface area contributed by atoms with Crippen molar-refractivity contribution >= 4 is 23.1 Å². The molecule has 166 valence electrons. The topological polar surface area (TPSA) is 104 Å². The fraction of sp³-hybridized carbons (Fsp3) is 0.565. The average Bonchev–Trinajstić information content (AvgIpc) is 2.94. The van der Waals surface area contributed by atoms with Gasteiger partial charge in [0, 0.05) is 37.9 Å². The minimum atomic E-state index is -0.477. The van der Waals surface area contributed by atoms with Gasteiger partial charge in [-0.25, -0.2) is 0 Å². The Morgan fingerprint density at radius 1 is 0.968 bits per heavy atom. The maximum atomic E-state index is 13.6. The van der Waals surface area contributed by atoms with Gasteiger partial charge in [-0.3, -0.25) is 24.6 Å². The lowest BCUT2D eigenvalue weighted by Crippen LogP contribution is -2.44. The third-order valence-corrected chi connectivity index (χ3v) is 6.74. The zero-order valence-electron chi connectivity index (χ0n) is 17.7. The summed E-state index contributed by atoms with van der Waals surface area (Å²) in [5, 5.41) is 20.7. The van der Waals surface area contributed by atoms with Gasteiger partial charge in [0.1, 0.15) is 5.70 Å². The Hall–Kier alpha value is -2.74. The van der Waals surface area contributed by atoms with E-state index in [1.165, 1.54) is 17.0 Å². The summed E-state index contributed by atoms with van der Waals surface area (Å²) < 4.78 is 0. The summed E-state index contributed by atoms with van der Waals surface area (Å²) in [5.41, 5.74) is 1.20. The highest BCUT2D eigenvalue weighted by atomic mass is 16.6. The van der Waals surface area contributed by atoms with Gasteiger partial charge in [-0.15, -0.1) is 0 Å². The molecule has 3 aliphatic rings. The van der Waals surface area contributed by atoms with Crippen LogP contribution < -0.4 is 0 Å². The standard InChI is InChI=1S/C23H29N3O5/c27-15-16-6-5-13-24(14-16)21-20(17-9-11-19(12-10-17)26(30)31)22(28)25(23(21)29)18-7-3-1-2-4-8-18/h9-12,16,18,27H,1-8,13-15H2. The highest BCUT2D eigenvalue weighted by Gasteiger charge is 2.45. The van der Waals surface area contributed by atoms with Crippen molar-refractivity contribution in [1.29, 1.82) is 0 Å². The Balaban J connectivity index is 1.74. The molecule has 2 heterocycles. The number of imide groups is 1. The first-order valence-corrected chi connectivity index (χ1v) is 11.2. The summed E-state index contributed by atoms with van der Waals surface area (Å²) in [6.45, 7) is 1.23. The number of aliphatic hydroxyl groups excluding tert-OH is 1. The normalized spacial score (nSPS) is 23.5. The highest BCUT2D eigenvalue weighted by Crippen LogP contribution is 2.37. The number of hydrogen-bond acceptors (Lipinski definition) is 6. The van der Waals surface area contributed by atoms with E-state index in [-0.39, 0.29) is 36.1 Å². The number of piperidine rings is 1. The summed E-state index contributed by atoms with van der Waals surface area (Å²) in [6, 6.07) is 5.76. The van der Waals surface area contributed by atoms with Crippen molar-refractivity contribution in [2.24, 2.45) is 5.92 Å². The van der Waals surface area contributed by atoms with E-state index in [0.29, 0.717) is 29.9 Å². The van der Waals surface area contributed by atoms with Crippen molar-refractivity contribution in [1.82, 2.24) is 9.80 Å². The molecular weight excluding hydrogens is 398 g/mol. The van der Waals surface area contributed by atoms with Crippen molar-refractivity contribution in [2.45, 2.75) is 57.4 Å². The SMILES string of the molecule is O=C1C(c2ccc([N+](=O)[O-])cc2)=C(N2CCCC(CO)C2)C(=O)N1C1CCCCCC1. The van der Waals surface area contributed by atoms with Crippen molar-refractivity contribution < 1.29 is 19.6 Å². The molecule has 0 radical (unpaired) electrons. The van der Waals surface area contributed by atoms with Crippen LogP contribution in [0.25, 0.3) is 5.57 Å². The summed E-state index contributed by atoms with van der Waals surface area (Å²) in [7, 11) is 0. The Kier molecular flexibility index (Phi) is 6.36. The molecular formula is C23H29N3O5. The lowest BCUT2D eigenvalue weighted by Gasteiger charge is -2.34. The zero-order valence-corrected chi connectivity index (χ0v) is 17.7. The Bertz CT molecular complexity index is 887. The number of amides is 2. The summed E-state index contributed by atoms with van der Waals surface area (Å²) in [5.74, 6) is -0.495. The Labute approximate surface area is 181 Å². The number of benzene rings is 1. The predicted octanol–water partition coefficient (Wildman–Crippen LogP) is 3.10. The van der Waals surface area contributed by atoms with Crippen LogP contribution in [0.2, 0.25) is 0 Å². The summed E-state index contributed by atoms with van der Waals surface area (Å²) in [4.78, 5) is 41.2. The number of rotatable bonds is 5. The van der Waals surface area contributed by atoms with E-state index in [1.54, 1.807) is 12.1 Å². The number of non-ortho nitro benzene ring substituents is 1. The molecule has 2 aliphatic heterocycles. The van der Waals surface area contributed by atoms with Crippen molar-refractivity contribution in [3.8, 4) is 0 Å². The molecule has 1 saturated heterocycles. The van der Waals surface area contributed by atoms with E-state index < -0.39 is 4.92 Å². The highest BCUT2D eigenvalue weighted by molar-refractivity contribution is 6.35. The van der Waals surface area contributed by atoms with E-state index in [9.17, 15) is 24.8 Å². The maximum absolute atomic E-state index is 13.6. The van der Waals surface area contributed by atoms with Crippen LogP contribution in [0.5, 0.6) is 0 Å². The molecule has 2 fully saturated rings. The number of carbonyl (C=O) groups excluding carboxylic acids is 2. The molecule has 1 unspecified atom stereocenters. The third kappa shape index (κ3) is 4.21. The molecule has 1 aromatic carbocycles. The van der Waals surface area contributed by atoms with Crippen LogP contribution in [0.15, 0.2) is 30.0 Å². The van der Waals surface area contributed by atoms with Crippen LogP contribution in [-0.4, -0.2) is 57.4 Å². The number of nitro groups is 1. The second-order valence-electron chi connectivity index (χ2n) is 8.79. The monoisotopic (exact) mass is 427 g/mol. The molecule has 31 heavy (non-hydrogen) atoms. The van der Waals surface area contributed by atoms with Crippen LogP contribution in [0, 0.1) is 16.0 Å². The molecule has 2 amide bonds. The Morgan fingerprint density at radius 2 is 1.65 bits per heavy atom. The van der Waals surface area contributed by atoms with Crippen LogP contribution in [0.3, 0.4) is 0 Å². The minimum absolute atomic E-state index is 0.0467. The second-order valence-corrected chi connectivity index (χ2v) is 8.79. The first-order chi connectivity index (χ1) is 15.0. The fourth-order valence-corrected chi connectivity index (χ4v) is 5.10. The van der Waals surface area contributed by atoms with Gasteiger partial charge >= 0.3 is 0 Å². The maximum Gasteiger partial charge on any atom is 0.278 e. The second kappa shape index (κ2) is 9.18. The van der Waals surface area contributed by atoms with Gasteiger partial charge in [-0.1, -0.05) is 25.7 Å². The zero-order chi connectivity index (χ0) is 22.0. The van der Waals surface area contributed by atoms with Gasteiger partial charge in [0.15, 0.2) is 0 Å². The molecule has 0 spiro atoms. The smallest absolute Gasteiger partial charge is 0.278 e. The molecule has 1 saturated carbocycles. The summed E-state index contributed by atoms with van der Waals surface area (Å²) >= 11 is 0. The Morgan fingerprint density at radius 3 is 2.26 bits per heavy atom. The van der Waals surface area contributed by atoms with Gasteiger partial charge < -0.3 is 10.0 Å². The first kappa shape index (κ1) is 21.5. The van der Waals surface area contributed by atoms with E-state index in [1.807, 2.05) is 4.90 Å². The predicted molar refractivity (Wildman–Crippen MR) is 115 cm³/mol. The molecule has 1 aromatic rings. The molecule has 8 heteroatoms. The lowest BCUT2D eigenvalue weighted by atomic mass is 9.97. The lowest BCUT2D eigenvalue weighted by molar-refractivity contribution is -0.384. The molecule has 0 aromatic heterocycles. The number of carbonyl (C=O) groups is 2. The fourth-order valence-electron chi connectivity index (χ4n) is 5.10. The van der Waals surface area contributed by atoms with Gasteiger partial charge in [-0.2, -0.15) is 0 Å². The molecule has 4 rings (SSSR count). The summed E-state index contributed by atoms with van der Waals surface area (Å²) in [6.07, 6.45) is 7.60. The van der Waals surface area contributed by atoms with Crippen molar-refractivity contribution in [2.75, 3.05) is 19.7 Å². The molecule has 1 aliphatic carbocycles. The number of likely N-dealkylation sites (tertiary alicyclic amines) is 1. The number of nitro benzene ring substituents is 1. The third-order valence-electron chi connectivity index (χ3n) is 6.74. The first-order valence-electron chi connectivity index (χ1n) is 11.2. The van der Waals surface area contributed by atoms with Gasteiger partial charge in [0.05, 0.1) is 10.5 Å². The number of hydrogen-bond donors (Lipinski definition) is 1. The van der Waals surface area contributed by atoms with Crippen LogP contribution in [-0.2, 0) is 9.59 Å². The van der Waals surface area contributed by atoms with Crippen LogP contribution in [0.4, 0.5) is 5.69 Å². The van der Waals surface area contributed by atoms with Gasteiger partial charge in [0.2, 0.25) is 0 Å². The van der Waals surface area contributed by atoms with E-state index >= 15 is 0 Å². The van der Waals surface area contributed by atoms with E-state index in [4.69, 9.17) is 0 Å². The molecule has 8 nitrogen and oxygen atoms in total. The molecule has 1 N–H and O–H groups in total. The van der Waals surface area contributed by atoms with Crippen LogP contribution >= 0.6 is 0 Å². The van der Waals surface area contributed by atoms with Gasteiger partial charge in [-0.05, 0) is 49.3 Å².